The lowest BCUT2D eigenvalue weighted by Crippen LogP contribution is -2.32. The quantitative estimate of drug-likeness (QED) is 0.478. The first-order chi connectivity index (χ1) is 14.9. The van der Waals surface area contributed by atoms with Gasteiger partial charge in [0.15, 0.2) is 0 Å². The van der Waals surface area contributed by atoms with Gasteiger partial charge in [0.05, 0.1) is 0 Å². The molecule has 0 atom stereocenters. The molecule has 0 saturated heterocycles. The number of ether oxygens (including phenoxy) is 2. The van der Waals surface area contributed by atoms with Crippen molar-refractivity contribution in [1.29, 1.82) is 0 Å². The summed E-state index contributed by atoms with van der Waals surface area (Å²) >= 11 is 0. The van der Waals surface area contributed by atoms with Crippen molar-refractivity contribution in [3.8, 4) is 5.75 Å². The van der Waals surface area contributed by atoms with E-state index in [9.17, 15) is 4.79 Å². The topological polar surface area (TPSA) is 59.6 Å². The Morgan fingerprint density at radius 2 is 1.52 bits per heavy atom. The second-order valence-electron chi connectivity index (χ2n) is 8.33. The fourth-order valence-corrected chi connectivity index (χ4v) is 2.93. The summed E-state index contributed by atoms with van der Waals surface area (Å²) in [6, 6.07) is 26.2. The molecule has 5 heteroatoms. The molecule has 31 heavy (non-hydrogen) atoms. The third-order valence-corrected chi connectivity index (χ3v) is 4.43. The first-order valence-corrected chi connectivity index (χ1v) is 10.4. The Morgan fingerprint density at radius 3 is 2.23 bits per heavy atom. The molecule has 0 unspecified atom stereocenters. The highest BCUT2D eigenvalue weighted by Crippen LogP contribution is 2.17. The number of carbonyl (C=O) groups is 1. The van der Waals surface area contributed by atoms with Crippen LogP contribution >= 0.6 is 0 Å². The SMILES string of the molecule is CC(C)(C)OC(=O)NCc1cccc(NCc2ccc(OCc3ccccc3)cc2)c1. The van der Waals surface area contributed by atoms with E-state index in [1.165, 1.54) is 0 Å². The first-order valence-electron chi connectivity index (χ1n) is 10.4. The van der Waals surface area contributed by atoms with Gasteiger partial charge in [0, 0.05) is 18.8 Å². The number of rotatable bonds is 8. The Balaban J connectivity index is 1.46. The van der Waals surface area contributed by atoms with E-state index in [0.717, 1.165) is 28.1 Å². The fourth-order valence-electron chi connectivity index (χ4n) is 2.93. The van der Waals surface area contributed by atoms with Crippen molar-refractivity contribution in [3.05, 3.63) is 95.6 Å². The van der Waals surface area contributed by atoms with Crippen LogP contribution in [0.3, 0.4) is 0 Å². The van der Waals surface area contributed by atoms with Crippen LogP contribution in [0.5, 0.6) is 5.75 Å². The molecule has 2 N–H and O–H groups in total. The van der Waals surface area contributed by atoms with Gasteiger partial charge < -0.3 is 20.1 Å². The number of nitrogens with one attached hydrogen (secondary N) is 2. The summed E-state index contributed by atoms with van der Waals surface area (Å²) in [5.74, 6) is 0.850. The van der Waals surface area contributed by atoms with Crippen LogP contribution in [-0.4, -0.2) is 11.7 Å². The summed E-state index contributed by atoms with van der Waals surface area (Å²) in [6.07, 6.45) is -0.416. The Labute approximate surface area is 184 Å². The van der Waals surface area contributed by atoms with Crippen molar-refractivity contribution in [1.82, 2.24) is 5.32 Å². The van der Waals surface area contributed by atoms with Crippen molar-refractivity contribution >= 4 is 11.8 Å². The van der Waals surface area contributed by atoms with E-state index in [0.29, 0.717) is 19.7 Å². The van der Waals surface area contributed by atoms with Gasteiger partial charge in [0.25, 0.3) is 0 Å². The second-order valence-corrected chi connectivity index (χ2v) is 8.33. The fraction of sp³-hybridized carbons (Fsp3) is 0.269. The molecular weight excluding hydrogens is 388 g/mol. The molecule has 0 aliphatic carbocycles. The van der Waals surface area contributed by atoms with Crippen molar-refractivity contribution < 1.29 is 14.3 Å². The van der Waals surface area contributed by atoms with E-state index < -0.39 is 11.7 Å². The highest BCUT2D eigenvalue weighted by atomic mass is 16.6. The van der Waals surface area contributed by atoms with Gasteiger partial charge in [-0.15, -0.1) is 0 Å². The molecule has 0 spiro atoms. The molecule has 0 bridgehead atoms. The number of benzene rings is 3. The first kappa shape index (κ1) is 22.2. The molecule has 0 heterocycles. The molecule has 3 rings (SSSR count). The zero-order chi connectivity index (χ0) is 22.1. The van der Waals surface area contributed by atoms with E-state index in [1.807, 2.05) is 75.4 Å². The minimum Gasteiger partial charge on any atom is -0.489 e. The molecule has 3 aromatic carbocycles. The van der Waals surface area contributed by atoms with Crippen molar-refractivity contribution in [2.45, 2.75) is 46.1 Å². The highest BCUT2D eigenvalue weighted by Gasteiger charge is 2.15. The van der Waals surface area contributed by atoms with E-state index in [1.54, 1.807) is 0 Å². The Hall–Kier alpha value is -3.47. The standard InChI is InChI=1S/C26H30N2O3/c1-26(2,3)31-25(29)28-18-22-10-7-11-23(16-22)27-17-20-12-14-24(15-13-20)30-19-21-8-5-4-6-9-21/h4-16,27H,17-19H2,1-3H3,(H,28,29). The van der Waals surface area contributed by atoms with Crippen molar-refractivity contribution in [2.75, 3.05) is 5.32 Å². The summed E-state index contributed by atoms with van der Waals surface area (Å²) in [7, 11) is 0. The van der Waals surface area contributed by atoms with Crippen LogP contribution in [0, 0.1) is 0 Å². The molecule has 0 aliphatic heterocycles. The molecule has 5 nitrogen and oxygen atoms in total. The monoisotopic (exact) mass is 418 g/mol. The maximum atomic E-state index is 11.8. The summed E-state index contributed by atoms with van der Waals surface area (Å²) in [6.45, 7) is 7.21. The lowest BCUT2D eigenvalue weighted by molar-refractivity contribution is 0.0523. The normalized spacial score (nSPS) is 10.9. The van der Waals surface area contributed by atoms with Gasteiger partial charge in [0.2, 0.25) is 0 Å². The number of alkyl carbamates (subject to hydrolysis) is 1. The molecule has 0 radical (unpaired) electrons. The molecule has 0 fully saturated rings. The molecular formula is C26H30N2O3. The van der Waals surface area contributed by atoms with Crippen LogP contribution in [0.25, 0.3) is 0 Å². The average Bonchev–Trinajstić information content (AvgIpc) is 2.75. The van der Waals surface area contributed by atoms with Crippen LogP contribution in [0.1, 0.15) is 37.5 Å². The average molecular weight is 419 g/mol. The predicted octanol–water partition coefficient (Wildman–Crippen LogP) is 5.90. The molecule has 0 saturated carbocycles. The van der Waals surface area contributed by atoms with Gasteiger partial charge in [-0.25, -0.2) is 4.79 Å². The lowest BCUT2D eigenvalue weighted by atomic mass is 10.1. The number of hydrogen-bond acceptors (Lipinski definition) is 4. The van der Waals surface area contributed by atoms with Gasteiger partial charge >= 0.3 is 6.09 Å². The van der Waals surface area contributed by atoms with Crippen molar-refractivity contribution in [3.63, 3.8) is 0 Å². The van der Waals surface area contributed by atoms with Gasteiger partial charge in [-0.05, 0) is 61.7 Å². The van der Waals surface area contributed by atoms with Crippen LogP contribution in [0.4, 0.5) is 10.5 Å². The zero-order valence-electron chi connectivity index (χ0n) is 18.4. The molecule has 1 amide bonds. The molecule has 0 aliphatic rings. The largest absolute Gasteiger partial charge is 0.489 e. The summed E-state index contributed by atoms with van der Waals surface area (Å²) in [5, 5.41) is 6.20. The van der Waals surface area contributed by atoms with E-state index in [2.05, 4.69) is 34.9 Å². The zero-order valence-corrected chi connectivity index (χ0v) is 18.4. The number of anilines is 1. The predicted molar refractivity (Wildman–Crippen MR) is 124 cm³/mol. The summed E-state index contributed by atoms with van der Waals surface area (Å²) in [5.41, 5.74) is 3.79. The van der Waals surface area contributed by atoms with Crippen molar-refractivity contribution in [2.24, 2.45) is 0 Å². The maximum Gasteiger partial charge on any atom is 0.407 e. The molecule has 3 aromatic rings. The van der Waals surface area contributed by atoms with Gasteiger partial charge in [0.1, 0.15) is 18.0 Å². The number of amides is 1. The second kappa shape index (κ2) is 10.5. The van der Waals surface area contributed by atoms with Crippen LogP contribution in [-0.2, 0) is 24.4 Å². The third-order valence-electron chi connectivity index (χ3n) is 4.43. The summed E-state index contributed by atoms with van der Waals surface area (Å²) in [4.78, 5) is 11.8. The van der Waals surface area contributed by atoms with Crippen LogP contribution in [0.2, 0.25) is 0 Å². The van der Waals surface area contributed by atoms with E-state index >= 15 is 0 Å². The smallest absolute Gasteiger partial charge is 0.407 e. The summed E-state index contributed by atoms with van der Waals surface area (Å²) < 4.78 is 11.1. The third kappa shape index (κ3) is 8.05. The Kier molecular flexibility index (Phi) is 7.55. The lowest BCUT2D eigenvalue weighted by Gasteiger charge is -2.19. The molecule has 162 valence electrons. The van der Waals surface area contributed by atoms with Gasteiger partial charge in [-0.2, -0.15) is 0 Å². The van der Waals surface area contributed by atoms with Crippen LogP contribution in [0.15, 0.2) is 78.9 Å². The number of hydrogen-bond donors (Lipinski definition) is 2. The molecule has 0 aromatic heterocycles. The van der Waals surface area contributed by atoms with Crippen LogP contribution < -0.4 is 15.4 Å². The Morgan fingerprint density at radius 1 is 0.806 bits per heavy atom. The van der Waals surface area contributed by atoms with E-state index in [4.69, 9.17) is 9.47 Å². The Bertz CT molecular complexity index is 964. The van der Waals surface area contributed by atoms with E-state index in [-0.39, 0.29) is 0 Å². The minimum absolute atomic E-state index is 0.415. The highest BCUT2D eigenvalue weighted by molar-refractivity contribution is 5.67. The number of carbonyl (C=O) groups excluding carboxylic acids is 1. The van der Waals surface area contributed by atoms with Gasteiger partial charge in [-0.1, -0.05) is 54.6 Å². The minimum atomic E-state index is -0.504. The van der Waals surface area contributed by atoms with Gasteiger partial charge in [-0.3, -0.25) is 0 Å². The maximum absolute atomic E-state index is 11.8.